The molecule has 1 aromatic rings. The molecule has 2 heteroatoms. The maximum absolute atomic E-state index is 5.95. The Kier molecular flexibility index (Phi) is 2.95. The predicted molar refractivity (Wildman–Crippen MR) is 67.9 cm³/mol. The average Bonchev–Trinajstić information content (AvgIpc) is 3.01. The molecule has 1 saturated carbocycles. The number of ether oxygens (including phenoxy) is 1. The summed E-state index contributed by atoms with van der Waals surface area (Å²) in [6, 6.07) is 10.6. The molecule has 1 aromatic carbocycles. The Balaban J connectivity index is 1.51. The summed E-state index contributed by atoms with van der Waals surface area (Å²) >= 11 is 1.93. The van der Waals surface area contributed by atoms with Crippen molar-refractivity contribution in [3.8, 4) is 0 Å². The summed E-state index contributed by atoms with van der Waals surface area (Å²) in [4.78, 5) is 1.36. The molecule has 0 radical (unpaired) electrons. The molecule has 1 unspecified atom stereocenters. The molecule has 1 atom stereocenters. The van der Waals surface area contributed by atoms with Gasteiger partial charge < -0.3 is 4.74 Å². The number of benzene rings is 1. The van der Waals surface area contributed by atoms with E-state index in [1.165, 1.54) is 37.0 Å². The van der Waals surface area contributed by atoms with Crippen LogP contribution in [0.1, 0.15) is 32.1 Å². The first-order chi connectivity index (χ1) is 7.89. The first kappa shape index (κ1) is 10.7. The molecule has 1 spiro atoms. The van der Waals surface area contributed by atoms with Crippen LogP contribution in [0.4, 0.5) is 0 Å². The standard InChI is InChI=1S/C14H18OS/c1-3-7-12(8-4-1)16-11-13-14(15-13)9-5-2-6-10-14/h1,3-4,7-8,13H,2,5-6,9-11H2. The first-order valence-electron chi connectivity index (χ1n) is 6.25. The van der Waals surface area contributed by atoms with Gasteiger partial charge in [0.05, 0.1) is 11.7 Å². The highest BCUT2D eigenvalue weighted by Gasteiger charge is 2.55. The Morgan fingerprint density at radius 2 is 1.88 bits per heavy atom. The minimum Gasteiger partial charge on any atom is -0.365 e. The molecule has 3 rings (SSSR count). The van der Waals surface area contributed by atoms with E-state index in [1.807, 2.05) is 11.8 Å². The van der Waals surface area contributed by atoms with Crippen molar-refractivity contribution in [1.29, 1.82) is 0 Å². The van der Waals surface area contributed by atoms with E-state index in [4.69, 9.17) is 4.74 Å². The molecule has 16 heavy (non-hydrogen) atoms. The second-order valence-electron chi connectivity index (χ2n) is 4.86. The molecule has 86 valence electrons. The first-order valence-corrected chi connectivity index (χ1v) is 7.23. The molecule has 0 N–H and O–H groups in total. The smallest absolute Gasteiger partial charge is 0.0967 e. The third kappa shape index (κ3) is 2.14. The molecule has 1 saturated heterocycles. The lowest BCUT2D eigenvalue weighted by atomic mass is 9.87. The maximum atomic E-state index is 5.95. The summed E-state index contributed by atoms with van der Waals surface area (Å²) in [6.45, 7) is 0. The van der Waals surface area contributed by atoms with Crippen LogP contribution in [0.5, 0.6) is 0 Å². The van der Waals surface area contributed by atoms with Crippen molar-refractivity contribution < 1.29 is 4.74 Å². The van der Waals surface area contributed by atoms with Crippen molar-refractivity contribution in [2.24, 2.45) is 0 Å². The highest BCUT2D eigenvalue weighted by atomic mass is 32.2. The number of hydrogen-bond acceptors (Lipinski definition) is 2. The van der Waals surface area contributed by atoms with E-state index in [-0.39, 0.29) is 0 Å². The van der Waals surface area contributed by atoms with E-state index < -0.39 is 0 Å². The Morgan fingerprint density at radius 3 is 2.62 bits per heavy atom. The van der Waals surface area contributed by atoms with Gasteiger partial charge in [-0.1, -0.05) is 37.5 Å². The van der Waals surface area contributed by atoms with Gasteiger partial charge in [0, 0.05) is 10.6 Å². The van der Waals surface area contributed by atoms with Crippen LogP contribution in [0.25, 0.3) is 0 Å². The SMILES string of the molecule is c1ccc(SCC2OC23CCCCC3)cc1. The van der Waals surface area contributed by atoms with Crippen LogP contribution < -0.4 is 0 Å². The molecular weight excluding hydrogens is 216 g/mol. The van der Waals surface area contributed by atoms with Crippen molar-refractivity contribution in [1.82, 2.24) is 0 Å². The van der Waals surface area contributed by atoms with Crippen molar-refractivity contribution in [3.05, 3.63) is 30.3 Å². The lowest BCUT2D eigenvalue weighted by Gasteiger charge is -2.18. The zero-order valence-corrected chi connectivity index (χ0v) is 10.3. The van der Waals surface area contributed by atoms with Gasteiger partial charge in [-0.05, 0) is 25.0 Å². The summed E-state index contributed by atoms with van der Waals surface area (Å²) in [5.74, 6) is 1.13. The van der Waals surface area contributed by atoms with Gasteiger partial charge >= 0.3 is 0 Å². The number of hydrogen-bond donors (Lipinski definition) is 0. The fraction of sp³-hybridized carbons (Fsp3) is 0.571. The van der Waals surface area contributed by atoms with E-state index in [0.29, 0.717) is 11.7 Å². The second kappa shape index (κ2) is 4.42. The summed E-state index contributed by atoms with van der Waals surface area (Å²) in [6.07, 6.45) is 7.26. The van der Waals surface area contributed by atoms with Gasteiger partial charge in [0.2, 0.25) is 0 Å². The van der Waals surface area contributed by atoms with Crippen molar-refractivity contribution in [2.45, 2.75) is 48.7 Å². The van der Waals surface area contributed by atoms with Crippen molar-refractivity contribution in [3.63, 3.8) is 0 Å². The summed E-state index contributed by atoms with van der Waals surface area (Å²) in [5.41, 5.74) is 0.306. The van der Waals surface area contributed by atoms with E-state index in [1.54, 1.807) is 0 Å². The third-order valence-corrected chi connectivity index (χ3v) is 4.83. The van der Waals surface area contributed by atoms with Gasteiger partial charge in [-0.2, -0.15) is 0 Å². The van der Waals surface area contributed by atoms with Gasteiger partial charge in [-0.3, -0.25) is 0 Å². The van der Waals surface area contributed by atoms with Gasteiger partial charge in [-0.15, -0.1) is 11.8 Å². The summed E-state index contributed by atoms with van der Waals surface area (Å²) in [5, 5.41) is 0. The topological polar surface area (TPSA) is 12.5 Å². The largest absolute Gasteiger partial charge is 0.365 e. The predicted octanol–water partition coefficient (Wildman–Crippen LogP) is 3.88. The Morgan fingerprint density at radius 1 is 1.12 bits per heavy atom. The summed E-state index contributed by atoms with van der Waals surface area (Å²) < 4.78 is 5.95. The van der Waals surface area contributed by atoms with E-state index in [2.05, 4.69) is 30.3 Å². The lowest BCUT2D eigenvalue weighted by Crippen LogP contribution is -2.19. The van der Waals surface area contributed by atoms with E-state index >= 15 is 0 Å². The quantitative estimate of drug-likeness (QED) is 0.581. The molecule has 1 aliphatic heterocycles. The maximum Gasteiger partial charge on any atom is 0.0967 e. The lowest BCUT2D eigenvalue weighted by molar-refractivity contribution is 0.234. The molecule has 1 heterocycles. The molecule has 0 amide bonds. The minimum atomic E-state index is 0.306. The minimum absolute atomic E-state index is 0.306. The zero-order chi connectivity index (χ0) is 10.8. The molecule has 2 aliphatic rings. The average molecular weight is 234 g/mol. The van der Waals surface area contributed by atoms with Crippen LogP contribution >= 0.6 is 11.8 Å². The van der Waals surface area contributed by atoms with Gasteiger partial charge in [-0.25, -0.2) is 0 Å². The van der Waals surface area contributed by atoms with Crippen LogP contribution in [0.2, 0.25) is 0 Å². The highest BCUT2D eigenvalue weighted by molar-refractivity contribution is 7.99. The second-order valence-corrected chi connectivity index (χ2v) is 5.95. The van der Waals surface area contributed by atoms with Gasteiger partial charge in [0.15, 0.2) is 0 Å². The number of epoxide rings is 1. The zero-order valence-electron chi connectivity index (χ0n) is 9.52. The third-order valence-electron chi connectivity index (χ3n) is 3.75. The van der Waals surface area contributed by atoms with Crippen LogP contribution in [0.15, 0.2) is 35.2 Å². The number of thioether (sulfide) groups is 1. The van der Waals surface area contributed by atoms with Crippen LogP contribution in [-0.4, -0.2) is 17.5 Å². The van der Waals surface area contributed by atoms with Crippen LogP contribution in [0, 0.1) is 0 Å². The van der Waals surface area contributed by atoms with Gasteiger partial charge in [0.1, 0.15) is 0 Å². The van der Waals surface area contributed by atoms with E-state index in [9.17, 15) is 0 Å². The van der Waals surface area contributed by atoms with Crippen molar-refractivity contribution >= 4 is 11.8 Å². The molecule has 0 bridgehead atoms. The molecule has 1 aliphatic carbocycles. The Labute approximate surface area is 102 Å². The molecular formula is C14H18OS. The normalized spacial score (nSPS) is 26.9. The van der Waals surface area contributed by atoms with Crippen molar-refractivity contribution in [2.75, 3.05) is 5.75 Å². The van der Waals surface area contributed by atoms with Crippen LogP contribution in [-0.2, 0) is 4.74 Å². The Bertz CT molecular complexity index is 343. The Hall–Kier alpha value is -0.470. The molecule has 0 aromatic heterocycles. The fourth-order valence-electron chi connectivity index (χ4n) is 2.71. The summed E-state index contributed by atoms with van der Waals surface area (Å²) in [7, 11) is 0. The fourth-order valence-corrected chi connectivity index (χ4v) is 3.78. The van der Waals surface area contributed by atoms with E-state index in [0.717, 1.165) is 5.75 Å². The van der Waals surface area contributed by atoms with Crippen LogP contribution in [0.3, 0.4) is 0 Å². The molecule has 2 fully saturated rings. The van der Waals surface area contributed by atoms with Gasteiger partial charge in [0.25, 0.3) is 0 Å². The molecule has 1 nitrogen and oxygen atoms in total. The highest BCUT2D eigenvalue weighted by Crippen LogP contribution is 2.49. The monoisotopic (exact) mass is 234 g/mol. The number of rotatable bonds is 3.